The molecular weight excluding hydrogens is 484 g/mol. The van der Waals surface area contributed by atoms with Crippen molar-refractivity contribution in [2.75, 3.05) is 38.0 Å². The summed E-state index contributed by atoms with van der Waals surface area (Å²) in [5.41, 5.74) is 11.8. The molecule has 4 rings (SSSR count). The Hall–Kier alpha value is -3.28. The number of nitrogens with two attached hydrogens (primary N) is 2. The standard InChI is InChI=1S/C27H40N8O3/c1-26(2)18-33(23(36)27(3,4)29)15-16-35(26)25(38)31-22-11-14-34(24(37)30-22)21-7-5-19(6-8-21)17-32-12-9-20(28)10-13-32/h5-8,11,14,20H,9-10,12-13,15-18,28-29H2,1-4H3,(H,30,31,37,38). The van der Waals surface area contributed by atoms with Crippen molar-refractivity contribution in [3.63, 3.8) is 0 Å². The maximum atomic E-state index is 13.1. The van der Waals surface area contributed by atoms with Crippen molar-refractivity contribution in [3.8, 4) is 5.69 Å². The lowest BCUT2D eigenvalue weighted by Crippen LogP contribution is -2.65. The molecule has 0 unspecified atom stereocenters. The summed E-state index contributed by atoms with van der Waals surface area (Å²) in [6, 6.07) is 9.37. The molecule has 2 aliphatic rings. The van der Waals surface area contributed by atoms with E-state index in [-0.39, 0.29) is 17.8 Å². The lowest BCUT2D eigenvalue weighted by Gasteiger charge is -2.47. The topological polar surface area (TPSA) is 143 Å². The Labute approximate surface area is 223 Å². The van der Waals surface area contributed by atoms with Gasteiger partial charge in [0.2, 0.25) is 5.91 Å². The van der Waals surface area contributed by atoms with Gasteiger partial charge in [0.05, 0.1) is 16.8 Å². The first-order valence-electron chi connectivity index (χ1n) is 13.2. The number of carbonyl (C=O) groups excluding carboxylic acids is 2. The van der Waals surface area contributed by atoms with E-state index in [0.29, 0.717) is 31.4 Å². The highest BCUT2D eigenvalue weighted by Crippen LogP contribution is 2.23. The number of nitrogens with zero attached hydrogens (tertiary/aromatic N) is 5. The highest BCUT2D eigenvalue weighted by Gasteiger charge is 2.41. The molecular formula is C27H40N8O3. The molecule has 11 heteroatoms. The van der Waals surface area contributed by atoms with Crippen molar-refractivity contribution in [1.29, 1.82) is 0 Å². The van der Waals surface area contributed by atoms with E-state index in [1.165, 1.54) is 10.1 Å². The molecule has 1 aromatic carbocycles. The zero-order chi connectivity index (χ0) is 27.7. The van der Waals surface area contributed by atoms with E-state index < -0.39 is 16.8 Å². The molecule has 5 N–H and O–H groups in total. The summed E-state index contributed by atoms with van der Waals surface area (Å²) in [4.78, 5) is 48.3. The van der Waals surface area contributed by atoms with Crippen molar-refractivity contribution < 1.29 is 9.59 Å². The van der Waals surface area contributed by atoms with Gasteiger partial charge in [0, 0.05) is 38.4 Å². The largest absolute Gasteiger partial charge is 0.354 e. The smallest absolute Gasteiger partial charge is 0.337 e. The lowest BCUT2D eigenvalue weighted by molar-refractivity contribution is -0.139. The van der Waals surface area contributed by atoms with E-state index in [9.17, 15) is 14.4 Å². The molecule has 2 aliphatic heterocycles. The van der Waals surface area contributed by atoms with Gasteiger partial charge in [0.25, 0.3) is 0 Å². The monoisotopic (exact) mass is 524 g/mol. The molecule has 2 fully saturated rings. The van der Waals surface area contributed by atoms with Gasteiger partial charge in [-0.25, -0.2) is 9.59 Å². The van der Waals surface area contributed by atoms with E-state index in [0.717, 1.165) is 32.5 Å². The Balaban J connectivity index is 1.38. The predicted molar refractivity (Wildman–Crippen MR) is 147 cm³/mol. The maximum absolute atomic E-state index is 13.1. The van der Waals surface area contributed by atoms with Gasteiger partial charge in [-0.15, -0.1) is 0 Å². The molecule has 11 nitrogen and oxygen atoms in total. The fourth-order valence-electron chi connectivity index (χ4n) is 5.09. The molecule has 2 saturated heterocycles. The van der Waals surface area contributed by atoms with Crippen LogP contribution in [-0.2, 0) is 11.3 Å². The molecule has 1 aromatic heterocycles. The van der Waals surface area contributed by atoms with Gasteiger partial charge >= 0.3 is 11.7 Å². The fraction of sp³-hybridized carbons (Fsp3) is 0.556. The van der Waals surface area contributed by atoms with Crippen molar-refractivity contribution >= 4 is 17.8 Å². The number of piperidine rings is 1. The number of anilines is 1. The van der Waals surface area contributed by atoms with Crippen LogP contribution in [0.3, 0.4) is 0 Å². The van der Waals surface area contributed by atoms with Gasteiger partial charge in [-0.3, -0.25) is 19.6 Å². The van der Waals surface area contributed by atoms with Crippen LogP contribution in [0.5, 0.6) is 0 Å². The zero-order valence-electron chi connectivity index (χ0n) is 22.8. The minimum Gasteiger partial charge on any atom is -0.337 e. The number of aromatic nitrogens is 2. The Morgan fingerprint density at radius 1 is 1.08 bits per heavy atom. The molecule has 0 spiro atoms. The van der Waals surface area contributed by atoms with E-state index in [2.05, 4.69) is 15.2 Å². The minimum atomic E-state index is -0.976. The zero-order valence-corrected chi connectivity index (χ0v) is 22.8. The van der Waals surface area contributed by atoms with Gasteiger partial charge in [-0.1, -0.05) is 12.1 Å². The van der Waals surface area contributed by atoms with Crippen molar-refractivity contribution in [2.45, 2.75) is 64.2 Å². The first-order valence-corrected chi connectivity index (χ1v) is 13.2. The molecule has 3 amide bonds. The van der Waals surface area contributed by atoms with Crippen LogP contribution in [0.1, 0.15) is 46.1 Å². The third-order valence-corrected chi connectivity index (χ3v) is 7.28. The normalized spacial score (nSPS) is 18.9. The number of piperazine rings is 1. The average molecular weight is 525 g/mol. The van der Waals surface area contributed by atoms with Crippen LogP contribution >= 0.6 is 0 Å². The summed E-state index contributed by atoms with van der Waals surface area (Å²) in [6.45, 7) is 11.1. The third kappa shape index (κ3) is 6.40. The number of rotatable bonds is 5. The van der Waals surface area contributed by atoms with Gasteiger partial charge in [0.1, 0.15) is 5.82 Å². The highest BCUT2D eigenvalue weighted by molar-refractivity contribution is 5.89. The number of nitrogens with one attached hydrogen (secondary N) is 1. The van der Waals surface area contributed by atoms with Crippen molar-refractivity contribution in [1.82, 2.24) is 24.3 Å². The van der Waals surface area contributed by atoms with Gasteiger partial charge < -0.3 is 21.3 Å². The van der Waals surface area contributed by atoms with E-state index in [1.54, 1.807) is 35.9 Å². The third-order valence-electron chi connectivity index (χ3n) is 7.28. The van der Waals surface area contributed by atoms with Gasteiger partial charge in [-0.2, -0.15) is 4.98 Å². The van der Waals surface area contributed by atoms with E-state index in [4.69, 9.17) is 11.5 Å². The van der Waals surface area contributed by atoms with Gasteiger partial charge in [0.15, 0.2) is 0 Å². The summed E-state index contributed by atoms with van der Waals surface area (Å²) < 4.78 is 1.45. The number of amides is 3. The van der Waals surface area contributed by atoms with Crippen molar-refractivity contribution in [2.24, 2.45) is 11.5 Å². The van der Waals surface area contributed by atoms with Crippen molar-refractivity contribution in [3.05, 3.63) is 52.6 Å². The second-order valence-electron chi connectivity index (χ2n) is 11.6. The predicted octanol–water partition coefficient (Wildman–Crippen LogP) is 1.35. The maximum Gasteiger partial charge on any atom is 0.354 e. The number of hydrogen-bond acceptors (Lipinski definition) is 7. The molecule has 38 heavy (non-hydrogen) atoms. The molecule has 3 heterocycles. The van der Waals surface area contributed by atoms with Crippen LogP contribution in [0.15, 0.2) is 41.3 Å². The van der Waals surface area contributed by atoms with Crippen LogP contribution in [0.25, 0.3) is 5.69 Å². The molecule has 0 atom stereocenters. The SMILES string of the molecule is CC(C)(N)C(=O)N1CCN(C(=O)Nc2ccn(-c3ccc(CN4CCC(N)CC4)cc3)c(=O)n2)C(C)(C)C1. The summed E-state index contributed by atoms with van der Waals surface area (Å²) >= 11 is 0. The van der Waals surface area contributed by atoms with Crippen LogP contribution in [0.4, 0.5) is 10.6 Å². The number of carbonyl (C=O) groups is 2. The number of urea groups is 1. The Bertz CT molecular complexity index is 1210. The summed E-state index contributed by atoms with van der Waals surface area (Å²) in [6.07, 6.45) is 3.64. The van der Waals surface area contributed by atoms with Crippen LogP contribution in [0.2, 0.25) is 0 Å². The van der Waals surface area contributed by atoms with Crippen LogP contribution in [-0.4, -0.2) is 86.0 Å². The molecule has 0 radical (unpaired) electrons. The number of hydrogen-bond donors (Lipinski definition) is 3. The quantitative estimate of drug-likeness (QED) is 0.536. The average Bonchev–Trinajstić information content (AvgIpc) is 2.84. The molecule has 2 aromatic rings. The molecule has 206 valence electrons. The first kappa shape index (κ1) is 27.7. The molecule has 0 aliphatic carbocycles. The van der Waals surface area contributed by atoms with Gasteiger partial charge in [-0.05, 0) is 77.4 Å². The molecule has 0 bridgehead atoms. The lowest BCUT2D eigenvalue weighted by atomic mass is 9.96. The number of likely N-dealkylation sites (tertiary alicyclic amines) is 1. The highest BCUT2D eigenvalue weighted by atomic mass is 16.2. The van der Waals surface area contributed by atoms with Crippen LogP contribution in [0, 0.1) is 0 Å². The minimum absolute atomic E-state index is 0.153. The molecule has 0 saturated carbocycles. The fourth-order valence-corrected chi connectivity index (χ4v) is 5.09. The second-order valence-corrected chi connectivity index (χ2v) is 11.6. The summed E-state index contributed by atoms with van der Waals surface area (Å²) in [5.74, 6) is 0.0220. The summed E-state index contributed by atoms with van der Waals surface area (Å²) in [5, 5.41) is 2.74. The Kier molecular flexibility index (Phi) is 7.91. The van der Waals surface area contributed by atoms with E-state index in [1.807, 2.05) is 38.1 Å². The van der Waals surface area contributed by atoms with E-state index >= 15 is 0 Å². The van der Waals surface area contributed by atoms with Crippen LogP contribution < -0.4 is 22.5 Å². The number of benzene rings is 1. The summed E-state index contributed by atoms with van der Waals surface area (Å²) in [7, 11) is 0. The first-order chi connectivity index (χ1) is 17.8. The Morgan fingerprint density at radius 2 is 1.74 bits per heavy atom. The second kappa shape index (κ2) is 10.8. The Morgan fingerprint density at radius 3 is 2.32 bits per heavy atom.